The predicted octanol–water partition coefficient (Wildman–Crippen LogP) is 3.45. The summed E-state index contributed by atoms with van der Waals surface area (Å²) in [6, 6.07) is 5.41. The van der Waals surface area contributed by atoms with Gasteiger partial charge in [-0.2, -0.15) is 0 Å². The van der Waals surface area contributed by atoms with Crippen LogP contribution in [0.15, 0.2) is 18.2 Å². The van der Waals surface area contributed by atoms with Crippen LogP contribution in [0.4, 0.5) is 9.59 Å². The predicted molar refractivity (Wildman–Crippen MR) is 100 cm³/mol. The number of hydrogen-bond acceptors (Lipinski definition) is 6. The van der Waals surface area contributed by atoms with E-state index in [1.807, 2.05) is 26.0 Å². The Morgan fingerprint density at radius 2 is 1.93 bits per heavy atom. The van der Waals surface area contributed by atoms with E-state index in [1.54, 1.807) is 6.07 Å². The minimum atomic E-state index is -0.792. The van der Waals surface area contributed by atoms with Gasteiger partial charge in [-0.15, -0.1) is 0 Å². The van der Waals surface area contributed by atoms with Crippen molar-refractivity contribution in [2.75, 3.05) is 33.3 Å². The lowest BCUT2D eigenvalue weighted by Gasteiger charge is -2.26. The fraction of sp³-hybridized carbons (Fsp3) is 0.600. The molecule has 7 nitrogen and oxygen atoms in total. The fourth-order valence-electron chi connectivity index (χ4n) is 3.45. The third-order valence-corrected chi connectivity index (χ3v) is 4.88. The summed E-state index contributed by atoms with van der Waals surface area (Å²) in [5, 5.41) is 0. The lowest BCUT2D eigenvalue weighted by Crippen LogP contribution is -2.38. The number of likely N-dealkylation sites (tertiary alicyclic amines) is 1. The van der Waals surface area contributed by atoms with E-state index in [0.717, 1.165) is 30.0 Å². The molecule has 2 aliphatic rings. The van der Waals surface area contributed by atoms with E-state index in [9.17, 15) is 9.59 Å². The highest BCUT2D eigenvalue weighted by atomic mass is 16.6. The minimum absolute atomic E-state index is 0.258. The van der Waals surface area contributed by atoms with E-state index in [4.69, 9.17) is 14.2 Å². The number of carbonyl (C=O) groups excluding carboxylic acids is 2. The number of rotatable bonds is 4. The van der Waals surface area contributed by atoms with Crippen LogP contribution in [0.3, 0.4) is 0 Å². The molecule has 1 saturated heterocycles. The van der Waals surface area contributed by atoms with Gasteiger partial charge in [0.1, 0.15) is 12.2 Å². The zero-order valence-corrected chi connectivity index (χ0v) is 16.3. The number of imide groups is 1. The highest BCUT2D eigenvalue weighted by Crippen LogP contribution is 2.41. The second-order valence-electron chi connectivity index (χ2n) is 7.73. The Labute approximate surface area is 160 Å². The molecule has 27 heavy (non-hydrogen) atoms. The first kappa shape index (κ1) is 19.5. The molecule has 2 amide bonds. The number of fused-ring (bicyclic) bond motifs is 1. The summed E-state index contributed by atoms with van der Waals surface area (Å²) in [6.45, 7) is 6.96. The normalized spacial score (nSPS) is 18.3. The van der Waals surface area contributed by atoms with Crippen LogP contribution in [-0.4, -0.2) is 60.9 Å². The third kappa shape index (κ3) is 4.91. The molecule has 0 aromatic heterocycles. The van der Waals surface area contributed by atoms with Gasteiger partial charge in [0.25, 0.3) is 0 Å². The monoisotopic (exact) mass is 376 g/mol. The Morgan fingerprint density at radius 3 is 2.67 bits per heavy atom. The lowest BCUT2D eigenvalue weighted by atomic mass is 10.0. The van der Waals surface area contributed by atoms with Gasteiger partial charge in [0.15, 0.2) is 11.5 Å². The molecule has 2 heterocycles. The van der Waals surface area contributed by atoms with E-state index in [2.05, 4.69) is 4.90 Å². The average molecular weight is 376 g/mol. The van der Waals surface area contributed by atoms with Gasteiger partial charge in [-0.1, -0.05) is 18.6 Å². The quantitative estimate of drug-likeness (QED) is 0.802. The molecule has 1 aromatic rings. The van der Waals surface area contributed by atoms with Crippen LogP contribution in [0.2, 0.25) is 0 Å². The molecule has 0 spiro atoms. The molecule has 1 aromatic carbocycles. The molecule has 0 N–H and O–H groups in total. The Bertz CT molecular complexity index is 698. The van der Waals surface area contributed by atoms with Gasteiger partial charge in [0, 0.05) is 25.6 Å². The molecule has 0 aliphatic carbocycles. The maximum atomic E-state index is 12.3. The SMILES string of the molecule is CN(C(=O)OCCN1CCCCC1)C(=O)Oc1cccc2c1OC(C)(C)C2. The molecular formula is C20H28N2O5. The minimum Gasteiger partial charge on any atom is -0.483 e. The van der Waals surface area contributed by atoms with E-state index in [0.29, 0.717) is 18.0 Å². The van der Waals surface area contributed by atoms with Crippen molar-refractivity contribution in [3.63, 3.8) is 0 Å². The number of amides is 2. The summed E-state index contributed by atoms with van der Waals surface area (Å²) in [5.41, 5.74) is 0.640. The van der Waals surface area contributed by atoms with Crippen LogP contribution < -0.4 is 9.47 Å². The molecule has 0 saturated carbocycles. The number of para-hydroxylation sites is 1. The first-order valence-corrected chi connectivity index (χ1v) is 9.51. The Balaban J connectivity index is 1.51. The van der Waals surface area contributed by atoms with Crippen molar-refractivity contribution >= 4 is 12.2 Å². The summed E-state index contributed by atoms with van der Waals surface area (Å²) in [7, 11) is 1.35. The first-order chi connectivity index (χ1) is 12.9. The van der Waals surface area contributed by atoms with E-state index in [1.165, 1.54) is 26.3 Å². The molecule has 1 fully saturated rings. The van der Waals surface area contributed by atoms with Crippen molar-refractivity contribution in [1.82, 2.24) is 9.80 Å². The van der Waals surface area contributed by atoms with Crippen LogP contribution in [0.5, 0.6) is 11.5 Å². The number of benzene rings is 1. The fourth-order valence-corrected chi connectivity index (χ4v) is 3.45. The van der Waals surface area contributed by atoms with Crippen LogP contribution in [-0.2, 0) is 11.2 Å². The lowest BCUT2D eigenvalue weighted by molar-refractivity contribution is 0.0898. The van der Waals surface area contributed by atoms with Crippen LogP contribution in [0.1, 0.15) is 38.7 Å². The third-order valence-electron chi connectivity index (χ3n) is 4.88. The molecule has 3 rings (SSSR count). The molecule has 7 heteroatoms. The highest BCUT2D eigenvalue weighted by molar-refractivity contribution is 5.88. The maximum Gasteiger partial charge on any atom is 0.424 e. The van der Waals surface area contributed by atoms with Gasteiger partial charge in [0.2, 0.25) is 0 Å². The Hall–Kier alpha value is -2.28. The van der Waals surface area contributed by atoms with Crippen molar-refractivity contribution < 1.29 is 23.8 Å². The number of nitrogens with zero attached hydrogens (tertiary/aromatic N) is 2. The van der Waals surface area contributed by atoms with Gasteiger partial charge in [-0.25, -0.2) is 14.5 Å². The first-order valence-electron chi connectivity index (χ1n) is 9.51. The summed E-state index contributed by atoms with van der Waals surface area (Å²) in [5.74, 6) is 0.874. The molecule has 0 atom stereocenters. The topological polar surface area (TPSA) is 68.3 Å². The number of ether oxygens (including phenoxy) is 3. The number of carbonyl (C=O) groups is 2. The number of piperidine rings is 1. The smallest absolute Gasteiger partial charge is 0.424 e. The second kappa shape index (κ2) is 8.17. The van der Waals surface area contributed by atoms with Gasteiger partial charge in [-0.3, -0.25) is 4.90 Å². The van der Waals surface area contributed by atoms with Gasteiger partial charge >= 0.3 is 12.2 Å². The summed E-state index contributed by atoms with van der Waals surface area (Å²) >= 11 is 0. The average Bonchev–Trinajstić information content (AvgIpc) is 2.96. The van der Waals surface area contributed by atoms with Crippen molar-refractivity contribution in [1.29, 1.82) is 0 Å². The Morgan fingerprint density at radius 1 is 1.19 bits per heavy atom. The molecule has 0 radical (unpaired) electrons. The van der Waals surface area contributed by atoms with Gasteiger partial charge in [0.05, 0.1) is 0 Å². The maximum absolute atomic E-state index is 12.3. The Kier molecular flexibility index (Phi) is 5.89. The molecule has 2 aliphatic heterocycles. The van der Waals surface area contributed by atoms with Gasteiger partial charge < -0.3 is 14.2 Å². The molecule has 148 valence electrons. The molecule has 0 bridgehead atoms. The van der Waals surface area contributed by atoms with Crippen molar-refractivity contribution in [2.24, 2.45) is 0 Å². The van der Waals surface area contributed by atoms with Crippen molar-refractivity contribution in [2.45, 2.75) is 45.1 Å². The second-order valence-corrected chi connectivity index (χ2v) is 7.73. The number of hydrogen-bond donors (Lipinski definition) is 0. The standard InChI is InChI=1S/C20H28N2O5/c1-20(2)14-15-8-7-9-16(17(15)27-20)26-19(24)21(3)18(23)25-13-12-22-10-5-4-6-11-22/h7-9H,4-6,10-14H2,1-3H3. The van der Waals surface area contributed by atoms with Crippen molar-refractivity contribution in [3.05, 3.63) is 23.8 Å². The van der Waals surface area contributed by atoms with Crippen molar-refractivity contribution in [3.8, 4) is 11.5 Å². The highest BCUT2D eigenvalue weighted by Gasteiger charge is 2.33. The summed E-state index contributed by atoms with van der Waals surface area (Å²) < 4.78 is 16.5. The summed E-state index contributed by atoms with van der Waals surface area (Å²) in [4.78, 5) is 27.5. The zero-order chi connectivity index (χ0) is 19.4. The van der Waals surface area contributed by atoms with E-state index < -0.39 is 12.2 Å². The molecular weight excluding hydrogens is 348 g/mol. The van der Waals surface area contributed by atoms with Crippen LogP contribution >= 0.6 is 0 Å². The van der Waals surface area contributed by atoms with Crippen LogP contribution in [0.25, 0.3) is 0 Å². The van der Waals surface area contributed by atoms with Gasteiger partial charge in [-0.05, 0) is 45.8 Å². The zero-order valence-electron chi connectivity index (χ0n) is 16.3. The van der Waals surface area contributed by atoms with Crippen LogP contribution in [0, 0.1) is 0 Å². The largest absolute Gasteiger partial charge is 0.483 e. The van der Waals surface area contributed by atoms with E-state index in [-0.39, 0.29) is 12.2 Å². The summed E-state index contributed by atoms with van der Waals surface area (Å²) in [6.07, 6.45) is 2.85. The molecule has 0 unspecified atom stereocenters. The van der Waals surface area contributed by atoms with E-state index >= 15 is 0 Å².